The number of carbonyl (C=O) groups excluding carboxylic acids is 1. The lowest BCUT2D eigenvalue weighted by molar-refractivity contribution is 0.0972. The van der Waals surface area contributed by atoms with Gasteiger partial charge >= 0.3 is 0 Å². The van der Waals surface area contributed by atoms with E-state index in [1.54, 1.807) is 23.1 Å². The summed E-state index contributed by atoms with van der Waals surface area (Å²) in [5.74, 6) is 1.68. The number of Topliss-reactive ketones (excluding diaryl/α,β-unsaturated/α-hetero) is 1. The van der Waals surface area contributed by atoms with Crippen LogP contribution < -0.4 is 10.6 Å². The minimum Gasteiger partial charge on any atom is -0.396 e. The summed E-state index contributed by atoms with van der Waals surface area (Å²) >= 11 is 5.37. The zero-order chi connectivity index (χ0) is 15.0. The van der Waals surface area contributed by atoms with Gasteiger partial charge in [0.25, 0.3) is 0 Å². The van der Waals surface area contributed by atoms with Gasteiger partial charge in [0.15, 0.2) is 5.78 Å². The number of carbonyl (C=O) groups is 1. The second-order valence-electron chi connectivity index (χ2n) is 5.67. The molecule has 1 aromatic rings. The first-order valence-corrected chi connectivity index (χ1v) is 10.6. The highest BCUT2D eigenvalue weighted by molar-refractivity contribution is 8.00. The van der Waals surface area contributed by atoms with E-state index in [4.69, 9.17) is 5.73 Å². The third kappa shape index (κ3) is 3.08. The molecular weight excluding hydrogens is 320 g/mol. The zero-order valence-electron chi connectivity index (χ0n) is 12.6. The van der Waals surface area contributed by atoms with Gasteiger partial charge < -0.3 is 10.6 Å². The molecule has 2 N–H and O–H groups in total. The molecule has 1 aromatic heterocycles. The normalized spacial score (nSPS) is 22.6. The van der Waals surface area contributed by atoms with Crippen molar-refractivity contribution in [2.24, 2.45) is 5.92 Å². The summed E-state index contributed by atoms with van der Waals surface area (Å²) in [5, 5.41) is 1.92. The van der Waals surface area contributed by atoms with Crippen molar-refractivity contribution in [1.29, 1.82) is 0 Å². The molecule has 0 aromatic carbocycles. The van der Waals surface area contributed by atoms with Crippen LogP contribution in [-0.4, -0.2) is 36.1 Å². The second kappa shape index (κ2) is 6.42. The van der Waals surface area contributed by atoms with Crippen LogP contribution in [0.4, 0.5) is 10.7 Å². The van der Waals surface area contributed by atoms with Crippen molar-refractivity contribution in [3.63, 3.8) is 0 Å². The van der Waals surface area contributed by atoms with E-state index in [0.717, 1.165) is 47.1 Å². The Morgan fingerprint density at radius 1 is 1.48 bits per heavy atom. The van der Waals surface area contributed by atoms with Gasteiger partial charge in [-0.25, -0.2) is 0 Å². The van der Waals surface area contributed by atoms with E-state index in [1.807, 2.05) is 0 Å². The number of nitrogens with two attached hydrogens (primary N) is 1. The Morgan fingerprint density at radius 2 is 2.24 bits per heavy atom. The van der Waals surface area contributed by atoms with Gasteiger partial charge in [0.05, 0.1) is 15.5 Å². The molecule has 0 spiro atoms. The Labute approximate surface area is 139 Å². The van der Waals surface area contributed by atoms with Crippen LogP contribution in [0.25, 0.3) is 0 Å². The van der Waals surface area contributed by atoms with Crippen LogP contribution in [0.5, 0.6) is 0 Å². The highest BCUT2D eigenvalue weighted by atomic mass is 32.2. The molecule has 1 aliphatic carbocycles. The molecule has 6 heteroatoms. The fraction of sp³-hybridized carbons (Fsp3) is 0.667. The van der Waals surface area contributed by atoms with Gasteiger partial charge in [-0.05, 0) is 25.5 Å². The van der Waals surface area contributed by atoms with Crippen LogP contribution in [0.1, 0.15) is 35.9 Å². The molecule has 2 aliphatic rings. The number of hydrogen-bond acceptors (Lipinski definition) is 6. The number of anilines is 2. The largest absolute Gasteiger partial charge is 0.396 e. The Morgan fingerprint density at radius 3 is 2.86 bits per heavy atom. The fourth-order valence-corrected chi connectivity index (χ4v) is 6.10. The van der Waals surface area contributed by atoms with Crippen molar-refractivity contribution in [2.75, 3.05) is 35.7 Å². The van der Waals surface area contributed by atoms with Crippen LogP contribution >= 0.6 is 34.9 Å². The third-order valence-electron chi connectivity index (χ3n) is 4.14. The number of nitrogen functional groups attached to an aromatic ring is 1. The first-order valence-electron chi connectivity index (χ1n) is 7.52. The molecule has 0 bridgehead atoms. The lowest BCUT2D eigenvalue weighted by atomic mass is 10.2. The van der Waals surface area contributed by atoms with Crippen molar-refractivity contribution in [3.05, 3.63) is 4.88 Å². The summed E-state index contributed by atoms with van der Waals surface area (Å²) in [6.07, 6.45) is 5.34. The van der Waals surface area contributed by atoms with Crippen molar-refractivity contribution >= 4 is 51.3 Å². The Hall–Kier alpha value is -0.330. The van der Waals surface area contributed by atoms with Crippen LogP contribution in [-0.2, 0) is 0 Å². The number of hydrogen-bond donors (Lipinski definition) is 1. The van der Waals surface area contributed by atoms with E-state index in [0.29, 0.717) is 5.25 Å². The molecule has 3 nitrogen and oxygen atoms in total. The Bertz CT molecular complexity index is 539. The van der Waals surface area contributed by atoms with E-state index in [-0.39, 0.29) is 11.7 Å². The van der Waals surface area contributed by atoms with E-state index >= 15 is 0 Å². The molecule has 3 rings (SSSR count). The summed E-state index contributed by atoms with van der Waals surface area (Å²) < 4.78 is 0. The maximum Gasteiger partial charge on any atom is 0.178 e. The van der Waals surface area contributed by atoms with Crippen LogP contribution in [0.3, 0.4) is 0 Å². The lowest BCUT2D eigenvalue weighted by Gasteiger charge is -2.33. The summed E-state index contributed by atoms with van der Waals surface area (Å²) in [6, 6.07) is 0. The van der Waals surface area contributed by atoms with Gasteiger partial charge in [-0.15, -0.1) is 23.1 Å². The number of thiophene rings is 1. The molecule has 2 fully saturated rings. The number of thioether (sulfide) groups is 2. The average Bonchev–Trinajstić information content (AvgIpc) is 3.30. The minimum atomic E-state index is 0.244. The van der Waals surface area contributed by atoms with Crippen molar-refractivity contribution < 1.29 is 4.79 Å². The van der Waals surface area contributed by atoms with Gasteiger partial charge in [-0.1, -0.05) is 6.92 Å². The molecule has 21 heavy (non-hydrogen) atoms. The Balaban J connectivity index is 1.90. The molecule has 0 radical (unpaired) electrons. The van der Waals surface area contributed by atoms with Gasteiger partial charge in [0, 0.05) is 30.0 Å². The summed E-state index contributed by atoms with van der Waals surface area (Å²) in [6.45, 7) is 4.39. The van der Waals surface area contributed by atoms with Crippen molar-refractivity contribution in [1.82, 2.24) is 0 Å². The first kappa shape index (κ1) is 15.6. The average molecular weight is 343 g/mol. The molecule has 1 unspecified atom stereocenters. The van der Waals surface area contributed by atoms with Gasteiger partial charge in [-0.3, -0.25) is 4.79 Å². The number of nitrogens with zero attached hydrogens (tertiary/aromatic N) is 1. The molecule has 2 heterocycles. The molecule has 116 valence electrons. The number of ketones is 1. The summed E-state index contributed by atoms with van der Waals surface area (Å²) in [7, 11) is 0. The molecular formula is C15H22N2OS3. The lowest BCUT2D eigenvalue weighted by Crippen LogP contribution is -2.37. The monoisotopic (exact) mass is 342 g/mol. The van der Waals surface area contributed by atoms with Gasteiger partial charge in [-0.2, -0.15) is 11.8 Å². The minimum absolute atomic E-state index is 0.244. The molecule has 1 saturated heterocycles. The first-order chi connectivity index (χ1) is 10.2. The third-order valence-corrected chi connectivity index (χ3v) is 7.74. The quantitative estimate of drug-likeness (QED) is 0.648. The molecule has 1 atom stereocenters. The fourth-order valence-electron chi connectivity index (χ4n) is 2.69. The van der Waals surface area contributed by atoms with Crippen LogP contribution in [0.2, 0.25) is 0 Å². The van der Waals surface area contributed by atoms with Gasteiger partial charge in [0.2, 0.25) is 0 Å². The molecule has 0 amide bonds. The second-order valence-corrected chi connectivity index (χ2v) is 8.89. The predicted molar refractivity (Wildman–Crippen MR) is 96.3 cm³/mol. The van der Waals surface area contributed by atoms with Crippen molar-refractivity contribution in [3.8, 4) is 0 Å². The smallest absolute Gasteiger partial charge is 0.178 e. The SMILES string of the molecule is CCC1CN(c2sc(C(=O)C3CC3)c(N)c2SC)CCS1. The van der Waals surface area contributed by atoms with E-state index in [1.165, 1.54) is 11.4 Å². The van der Waals surface area contributed by atoms with E-state index < -0.39 is 0 Å². The summed E-state index contributed by atoms with van der Waals surface area (Å²) in [4.78, 5) is 16.8. The van der Waals surface area contributed by atoms with Gasteiger partial charge in [0.1, 0.15) is 5.00 Å². The molecule has 1 aliphatic heterocycles. The van der Waals surface area contributed by atoms with Crippen LogP contribution in [0, 0.1) is 5.92 Å². The van der Waals surface area contributed by atoms with E-state index in [9.17, 15) is 4.79 Å². The van der Waals surface area contributed by atoms with Crippen LogP contribution in [0.15, 0.2) is 4.90 Å². The summed E-state index contributed by atoms with van der Waals surface area (Å²) in [5.41, 5.74) is 7.02. The van der Waals surface area contributed by atoms with Crippen molar-refractivity contribution in [2.45, 2.75) is 36.3 Å². The standard InChI is InChI=1S/C15H22N2OS3/c1-3-10-8-17(6-7-20-10)15-14(19-2)11(16)13(21-15)12(18)9-4-5-9/h9-10H,3-8,16H2,1-2H3. The highest BCUT2D eigenvalue weighted by Crippen LogP contribution is 2.47. The molecule has 1 saturated carbocycles. The van der Waals surface area contributed by atoms with E-state index in [2.05, 4.69) is 29.8 Å². The highest BCUT2D eigenvalue weighted by Gasteiger charge is 2.35. The Kier molecular flexibility index (Phi) is 4.76. The topological polar surface area (TPSA) is 46.3 Å². The zero-order valence-corrected chi connectivity index (χ0v) is 15.0. The maximum absolute atomic E-state index is 12.4. The maximum atomic E-state index is 12.4. The predicted octanol–water partition coefficient (Wildman–Crippen LogP) is 3.98. The number of rotatable bonds is 5.